The average Bonchev–Trinajstić information content (AvgIpc) is 2.05. The van der Waals surface area contributed by atoms with Gasteiger partial charge in [-0.15, -0.1) is 12.6 Å². The van der Waals surface area contributed by atoms with Crippen molar-refractivity contribution < 1.29 is 0 Å². The van der Waals surface area contributed by atoms with Crippen LogP contribution in [0.25, 0.3) is 5.57 Å². The molecule has 0 amide bonds. The number of aromatic nitrogens is 1. The lowest BCUT2D eigenvalue weighted by atomic mass is 10.2. The third-order valence-electron chi connectivity index (χ3n) is 1.45. The second kappa shape index (κ2) is 4.12. The van der Waals surface area contributed by atoms with Crippen LogP contribution in [0.4, 0.5) is 0 Å². The maximum atomic E-state index is 4.19. The second-order valence-electron chi connectivity index (χ2n) is 2.53. The zero-order chi connectivity index (χ0) is 8.97. The standard InChI is InChI=1S/C10H11NS/c1-8(7-9(2)12)10-5-3-4-6-11-10/h3-7,12H,2H2,1H3/b8-7+. The molecule has 62 valence electrons. The van der Waals surface area contributed by atoms with Gasteiger partial charge in [0.15, 0.2) is 0 Å². The smallest absolute Gasteiger partial charge is 0.0659 e. The van der Waals surface area contributed by atoms with Crippen molar-refractivity contribution in [2.75, 3.05) is 0 Å². The summed E-state index contributed by atoms with van der Waals surface area (Å²) in [6.07, 6.45) is 3.67. The molecule has 0 fully saturated rings. The average molecular weight is 177 g/mol. The van der Waals surface area contributed by atoms with Crippen molar-refractivity contribution >= 4 is 18.2 Å². The molecule has 1 aromatic heterocycles. The van der Waals surface area contributed by atoms with E-state index in [-0.39, 0.29) is 0 Å². The highest BCUT2D eigenvalue weighted by Gasteiger charge is 1.93. The molecule has 2 heteroatoms. The van der Waals surface area contributed by atoms with E-state index in [0.29, 0.717) is 0 Å². The Morgan fingerprint density at radius 3 is 2.83 bits per heavy atom. The summed E-state index contributed by atoms with van der Waals surface area (Å²) in [5.41, 5.74) is 2.04. The van der Waals surface area contributed by atoms with Crippen LogP contribution in [0.1, 0.15) is 12.6 Å². The van der Waals surface area contributed by atoms with E-state index in [4.69, 9.17) is 0 Å². The Balaban J connectivity index is 2.93. The van der Waals surface area contributed by atoms with Gasteiger partial charge < -0.3 is 0 Å². The fourth-order valence-corrected chi connectivity index (χ4v) is 1.11. The zero-order valence-corrected chi connectivity index (χ0v) is 7.88. The van der Waals surface area contributed by atoms with Gasteiger partial charge in [-0.05, 0) is 35.6 Å². The highest BCUT2D eigenvalue weighted by molar-refractivity contribution is 7.84. The Labute approximate surface area is 78.3 Å². The minimum Gasteiger partial charge on any atom is -0.257 e. The Hall–Kier alpha value is -1.02. The van der Waals surface area contributed by atoms with E-state index in [1.54, 1.807) is 6.20 Å². The van der Waals surface area contributed by atoms with Crippen molar-refractivity contribution in [3.8, 4) is 0 Å². The van der Waals surface area contributed by atoms with Gasteiger partial charge in [-0.1, -0.05) is 12.6 Å². The first-order chi connectivity index (χ1) is 5.70. The summed E-state index contributed by atoms with van der Waals surface area (Å²) >= 11 is 4.09. The first kappa shape index (κ1) is 9.07. The van der Waals surface area contributed by atoms with Gasteiger partial charge in [0, 0.05) is 6.20 Å². The fourth-order valence-electron chi connectivity index (χ4n) is 0.920. The maximum absolute atomic E-state index is 4.19. The first-order valence-electron chi connectivity index (χ1n) is 3.67. The molecule has 0 aliphatic carbocycles. The minimum absolute atomic E-state index is 0.748. The summed E-state index contributed by atoms with van der Waals surface area (Å²) in [5.74, 6) is 0. The molecule has 0 atom stereocenters. The summed E-state index contributed by atoms with van der Waals surface area (Å²) in [6.45, 7) is 5.67. The second-order valence-corrected chi connectivity index (χ2v) is 3.11. The summed E-state index contributed by atoms with van der Waals surface area (Å²) in [4.78, 5) is 4.94. The zero-order valence-electron chi connectivity index (χ0n) is 6.99. The molecule has 0 radical (unpaired) electrons. The summed E-state index contributed by atoms with van der Waals surface area (Å²) in [6, 6.07) is 5.82. The lowest BCUT2D eigenvalue weighted by Crippen LogP contribution is -1.83. The number of allylic oxidation sites excluding steroid dienone is 2. The van der Waals surface area contributed by atoms with Crippen LogP contribution in [0.3, 0.4) is 0 Å². The Bertz CT molecular complexity index is 301. The number of nitrogens with zero attached hydrogens (tertiary/aromatic N) is 1. The predicted molar refractivity (Wildman–Crippen MR) is 56.0 cm³/mol. The molecule has 0 aliphatic heterocycles. The van der Waals surface area contributed by atoms with E-state index < -0.39 is 0 Å². The van der Waals surface area contributed by atoms with E-state index in [0.717, 1.165) is 16.2 Å². The van der Waals surface area contributed by atoms with Crippen molar-refractivity contribution in [1.82, 2.24) is 4.98 Å². The van der Waals surface area contributed by atoms with Crippen LogP contribution in [0.15, 0.2) is 42.0 Å². The first-order valence-corrected chi connectivity index (χ1v) is 4.12. The van der Waals surface area contributed by atoms with E-state index in [2.05, 4.69) is 24.2 Å². The normalized spacial score (nSPS) is 11.3. The van der Waals surface area contributed by atoms with Crippen LogP contribution in [-0.2, 0) is 0 Å². The van der Waals surface area contributed by atoms with Crippen molar-refractivity contribution in [1.29, 1.82) is 0 Å². The predicted octanol–water partition coefficient (Wildman–Crippen LogP) is 2.93. The Kier molecular flexibility index (Phi) is 3.11. The molecule has 0 saturated heterocycles. The van der Waals surface area contributed by atoms with Gasteiger partial charge in [0.2, 0.25) is 0 Å². The molecule has 1 nitrogen and oxygen atoms in total. The monoisotopic (exact) mass is 177 g/mol. The van der Waals surface area contributed by atoms with E-state index in [9.17, 15) is 0 Å². The molecule has 0 saturated carbocycles. The van der Waals surface area contributed by atoms with Crippen LogP contribution < -0.4 is 0 Å². The highest BCUT2D eigenvalue weighted by Crippen LogP contribution is 2.13. The van der Waals surface area contributed by atoms with Crippen LogP contribution in [0.2, 0.25) is 0 Å². The molecule has 1 heterocycles. The molecule has 1 rings (SSSR count). The summed E-state index contributed by atoms with van der Waals surface area (Å²) in [7, 11) is 0. The summed E-state index contributed by atoms with van der Waals surface area (Å²) in [5, 5.41) is 0. The van der Waals surface area contributed by atoms with Crippen molar-refractivity contribution in [2.45, 2.75) is 6.92 Å². The van der Waals surface area contributed by atoms with E-state index >= 15 is 0 Å². The Morgan fingerprint density at radius 2 is 2.33 bits per heavy atom. The molecular weight excluding hydrogens is 166 g/mol. The number of pyridine rings is 1. The quantitative estimate of drug-likeness (QED) is 0.541. The van der Waals surface area contributed by atoms with Crippen LogP contribution in [0.5, 0.6) is 0 Å². The molecule has 0 N–H and O–H groups in total. The molecule has 0 bridgehead atoms. The van der Waals surface area contributed by atoms with Gasteiger partial charge in [-0.25, -0.2) is 0 Å². The van der Waals surface area contributed by atoms with Crippen molar-refractivity contribution in [3.63, 3.8) is 0 Å². The third-order valence-corrected chi connectivity index (χ3v) is 1.58. The molecular formula is C10H11NS. The van der Waals surface area contributed by atoms with Gasteiger partial charge in [-0.2, -0.15) is 0 Å². The van der Waals surface area contributed by atoms with Crippen LogP contribution >= 0.6 is 12.6 Å². The number of hydrogen-bond acceptors (Lipinski definition) is 2. The van der Waals surface area contributed by atoms with Gasteiger partial charge in [-0.3, -0.25) is 4.98 Å². The highest BCUT2D eigenvalue weighted by atomic mass is 32.1. The molecule has 0 aliphatic rings. The van der Waals surface area contributed by atoms with Gasteiger partial charge >= 0.3 is 0 Å². The van der Waals surface area contributed by atoms with Crippen molar-refractivity contribution in [3.05, 3.63) is 47.6 Å². The minimum atomic E-state index is 0.748. The molecule has 12 heavy (non-hydrogen) atoms. The van der Waals surface area contributed by atoms with Gasteiger partial charge in [0.25, 0.3) is 0 Å². The largest absolute Gasteiger partial charge is 0.257 e. The SMILES string of the molecule is C=C(S)/C=C(\C)c1ccccn1. The van der Waals surface area contributed by atoms with Gasteiger partial charge in [0.1, 0.15) is 0 Å². The lowest BCUT2D eigenvalue weighted by Gasteiger charge is -1.98. The fraction of sp³-hybridized carbons (Fsp3) is 0.100. The van der Waals surface area contributed by atoms with Crippen LogP contribution in [-0.4, -0.2) is 4.98 Å². The van der Waals surface area contributed by atoms with Crippen molar-refractivity contribution in [2.24, 2.45) is 0 Å². The molecule has 0 aromatic carbocycles. The molecule has 0 unspecified atom stereocenters. The number of hydrogen-bond donors (Lipinski definition) is 1. The van der Waals surface area contributed by atoms with Gasteiger partial charge in [0.05, 0.1) is 5.69 Å². The number of rotatable bonds is 2. The maximum Gasteiger partial charge on any atom is 0.0659 e. The van der Waals surface area contributed by atoms with E-state index in [1.807, 2.05) is 31.2 Å². The lowest BCUT2D eigenvalue weighted by molar-refractivity contribution is 1.27. The van der Waals surface area contributed by atoms with E-state index in [1.165, 1.54) is 0 Å². The molecule has 1 aromatic rings. The summed E-state index contributed by atoms with van der Waals surface area (Å²) < 4.78 is 0. The Morgan fingerprint density at radius 1 is 1.58 bits per heavy atom. The van der Waals surface area contributed by atoms with Crippen LogP contribution in [0, 0.1) is 0 Å². The molecule has 0 spiro atoms. The number of thiol groups is 1. The third kappa shape index (κ3) is 2.55. The topological polar surface area (TPSA) is 12.9 Å².